The Balaban J connectivity index is 2.91. The summed E-state index contributed by atoms with van der Waals surface area (Å²) in [5, 5.41) is 0. The molecule has 0 fully saturated rings. The lowest BCUT2D eigenvalue weighted by molar-refractivity contribution is 0.472. The van der Waals surface area contributed by atoms with Gasteiger partial charge in [0.2, 0.25) is 0 Å². The molecular formula is C12H26S. The van der Waals surface area contributed by atoms with Crippen LogP contribution in [0.25, 0.3) is 0 Å². The number of hydrogen-bond donors (Lipinski definition) is 1. The predicted octanol–water partition coefficient (Wildman–Crippen LogP) is 4.69. The van der Waals surface area contributed by atoms with Crippen molar-refractivity contribution in [3.8, 4) is 0 Å². The molecule has 0 spiro atoms. The third-order valence-corrected chi connectivity index (χ3v) is 3.12. The minimum Gasteiger partial charge on any atom is -0.179 e. The van der Waals surface area contributed by atoms with Crippen molar-refractivity contribution in [3.63, 3.8) is 0 Å². The van der Waals surface area contributed by atoms with Gasteiger partial charge in [0.05, 0.1) is 0 Å². The van der Waals surface area contributed by atoms with Crippen molar-refractivity contribution < 1.29 is 0 Å². The predicted molar refractivity (Wildman–Crippen MR) is 65.6 cm³/mol. The topological polar surface area (TPSA) is 0 Å². The molecule has 80 valence electrons. The average Bonchev–Trinajstić information content (AvgIpc) is 2.16. The number of rotatable bonds is 9. The first-order valence-electron chi connectivity index (χ1n) is 5.92. The van der Waals surface area contributed by atoms with Crippen LogP contribution in [0.4, 0.5) is 0 Å². The Bertz CT molecular complexity index is 91.1. The Kier molecular flexibility index (Phi) is 10.7. The van der Waals surface area contributed by atoms with Crippen LogP contribution in [-0.4, -0.2) is 5.75 Å². The van der Waals surface area contributed by atoms with E-state index in [9.17, 15) is 0 Å². The van der Waals surface area contributed by atoms with Crippen molar-refractivity contribution in [2.75, 3.05) is 5.75 Å². The molecule has 13 heavy (non-hydrogen) atoms. The van der Waals surface area contributed by atoms with Gasteiger partial charge in [-0.3, -0.25) is 0 Å². The molecule has 1 heteroatoms. The zero-order valence-electron chi connectivity index (χ0n) is 9.39. The van der Waals surface area contributed by atoms with Gasteiger partial charge in [-0.25, -0.2) is 0 Å². The monoisotopic (exact) mass is 202 g/mol. The maximum Gasteiger partial charge on any atom is -0.00979 e. The highest BCUT2D eigenvalue weighted by molar-refractivity contribution is 7.80. The van der Waals surface area contributed by atoms with Crippen LogP contribution < -0.4 is 0 Å². The molecule has 0 saturated carbocycles. The number of hydrogen-bond acceptors (Lipinski definition) is 1. The summed E-state index contributed by atoms with van der Waals surface area (Å²) in [5.74, 6) is 2.00. The Morgan fingerprint density at radius 3 is 2.00 bits per heavy atom. The first-order chi connectivity index (χ1) is 6.31. The highest BCUT2D eigenvalue weighted by Gasteiger charge is 1.97. The molecule has 0 N–H and O–H groups in total. The first-order valence-corrected chi connectivity index (χ1v) is 6.55. The van der Waals surface area contributed by atoms with Gasteiger partial charge in [0, 0.05) is 0 Å². The Labute approximate surface area is 89.9 Å². The summed E-state index contributed by atoms with van der Waals surface area (Å²) in [7, 11) is 0. The Morgan fingerprint density at radius 2 is 1.46 bits per heavy atom. The number of thiol groups is 1. The summed E-state index contributed by atoms with van der Waals surface area (Å²) in [6.45, 7) is 4.65. The van der Waals surface area contributed by atoms with Gasteiger partial charge >= 0.3 is 0 Å². The van der Waals surface area contributed by atoms with E-state index in [-0.39, 0.29) is 0 Å². The normalized spacial score (nSPS) is 13.2. The molecule has 0 aliphatic carbocycles. The third-order valence-electron chi connectivity index (χ3n) is 2.80. The van der Waals surface area contributed by atoms with Crippen molar-refractivity contribution in [1.29, 1.82) is 0 Å². The van der Waals surface area contributed by atoms with Crippen LogP contribution in [0.15, 0.2) is 0 Å². The molecule has 0 bridgehead atoms. The highest BCUT2D eigenvalue weighted by Crippen LogP contribution is 2.13. The lowest BCUT2D eigenvalue weighted by Crippen LogP contribution is -1.91. The summed E-state index contributed by atoms with van der Waals surface area (Å²) in [5.41, 5.74) is 0. The van der Waals surface area contributed by atoms with Gasteiger partial charge in [0.25, 0.3) is 0 Å². The van der Waals surface area contributed by atoms with Gasteiger partial charge in [-0.05, 0) is 18.1 Å². The lowest BCUT2D eigenvalue weighted by atomic mass is 10.00. The Hall–Kier alpha value is 0.350. The smallest absolute Gasteiger partial charge is 0.00979 e. The molecule has 0 saturated heterocycles. The van der Waals surface area contributed by atoms with E-state index in [4.69, 9.17) is 0 Å². The summed E-state index contributed by atoms with van der Waals surface area (Å²) in [4.78, 5) is 0. The SMILES string of the molecule is CCC(C)CCCCCCCCS. The second kappa shape index (κ2) is 10.4. The van der Waals surface area contributed by atoms with Crippen molar-refractivity contribution in [3.05, 3.63) is 0 Å². The van der Waals surface area contributed by atoms with E-state index in [0.717, 1.165) is 11.7 Å². The fourth-order valence-corrected chi connectivity index (χ4v) is 1.74. The zero-order chi connectivity index (χ0) is 9.94. The molecule has 0 aromatic rings. The molecule has 0 nitrogen and oxygen atoms in total. The average molecular weight is 202 g/mol. The quantitative estimate of drug-likeness (QED) is 0.407. The highest BCUT2D eigenvalue weighted by atomic mass is 32.1. The van der Waals surface area contributed by atoms with E-state index in [2.05, 4.69) is 26.5 Å². The van der Waals surface area contributed by atoms with Crippen LogP contribution in [0.1, 0.15) is 65.2 Å². The van der Waals surface area contributed by atoms with E-state index in [0.29, 0.717) is 0 Å². The van der Waals surface area contributed by atoms with Crippen LogP contribution in [0.5, 0.6) is 0 Å². The van der Waals surface area contributed by atoms with Gasteiger partial charge in [0.15, 0.2) is 0 Å². The molecule has 0 aliphatic heterocycles. The second-order valence-corrected chi connectivity index (χ2v) is 4.59. The summed E-state index contributed by atoms with van der Waals surface area (Å²) in [6, 6.07) is 0. The molecule has 0 aromatic heterocycles. The molecule has 1 atom stereocenters. The van der Waals surface area contributed by atoms with E-state index < -0.39 is 0 Å². The Morgan fingerprint density at radius 1 is 0.923 bits per heavy atom. The van der Waals surface area contributed by atoms with Crippen LogP contribution in [0.2, 0.25) is 0 Å². The largest absolute Gasteiger partial charge is 0.179 e. The third kappa shape index (κ3) is 10.3. The van der Waals surface area contributed by atoms with Gasteiger partial charge in [-0.2, -0.15) is 12.6 Å². The number of unbranched alkanes of at least 4 members (excludes halogenated alkanes) is 5. The molecule has 0 aromatic carbocycles. The van der Waals surface area contributed by atoms with Crippen molar-refractivity contribution in [2.24, 2.45) is 5.92 Å². The van der Waals surface area contributed by atoms with Crippen LogP contribution in [0, 0.1) is 5.92 Å². The van der Waals surface area contributed by atoms with Crippen LogP contribution in [0.3, 0.4) is 0 Å². The van der Waals surface area contributed by atoms with Gasteiger partial charge < -0.3 is 0 Å². The molecule has 0 rings (SSSR count). The van der Waals surface area contributed by atoms with Crippen molar-refractivity contribution in [1.82, 2.24) is 0 Å². The fourth-order valence-electron chi connectivity index (χ4n) is 1.52. The van der Waals surface area contributed by atoms with Gasteiger partial charge in [-0.15, -0.1) is 0 Å². The van der Waals surface area contributed by atoms with E-state index in [1.807, 2.05) is 0 Å². The molecule has 1 unspecified atom stereocenters. The van der Waals surface area contributed by atoms with E-state index in [1.54, 1.807) is 0 Å². The maximum atomic E-state index is 4.20. The fraction of sp³-hybridized carbons (Fsp3) is 1.00. The lowest BCUT2D eigenvalue weighted by Gasteiger charge is -2.07. The van der Waals surface area contributed by atoms with Crippen LogP contribution >= 0.6 is 12.6 Å². The molecular weight excluding hydrogens is 176 g/mol. The molecule has 0 amide bonds. The molecule has 0 radical (unpaired) electrons. The standard InChI is InChI=1S/C12H26S/c1-3-12(2)10-8-6-4-5-7-9-11-13/h12-13H,3-11H2,1-2H3. The summed E-state index contributed by atoms with van der Waals surface area (Å²) < 4.78 is 0. The first kappa shape index (κ1) is 13.4. The maximum absolute atomic E-state index is 4.20. The summed E-state index contributed by atoms with van der Waals surface area (Å²) >= 11 is 4.20. The summed E-state index contributed by atoms with van der Waals surface area (Å²) in [6.07, 6.45) is 11.2. The van der Waals surface area contributed by atoms with E-state index in [1.165, 1.54) is 51.4 Å². The molecule has 0 heterocycles. The second-order valence-electron chi connectivity index (χ2n) is 4.15. The zero-order valence-corrected chi connectivity index (χ0v) is 10.3. The van der Waals surface area contributed by atoms with E-state index >= 15 is 0 Å². The minimum atomic E-state index is 0.942. The van der Waals surface area contributed by atoms with Crippen LogP contribution in [-0.2, 0) is 0 Å². The molecule has 0 aliphatic rings. The van der Waals surface area contributed by atoms with Gasteiger partial charge in [0.1, 0.15) is 0 Å². The minimum absolute atomic E-state index is 0.942. The van der Waals surface area contributed by atoms with Crippen molar-refractivity contribution >= 4 is 12.6 Å². The van der Waals surface area contributed by atoms with Gasteiger partial charge in [-0.1, -0.05) is 58.8 Å². The van der Waals surface area contributed by atoms with Crippen molar-refractivity contribution in [2.45, 2.75) is 65.2 Å².